The number of ether oxygens (including phenoxy) is 3. The van der Waals surface area contributed by atoms with E-state index in [0.29, 0.717) is 34.9 Å². The molecular formula is C22H26N2O6S. The van der Waals surface area contributed by atoms with Gasteiger partial charge in [0.05, 0.1) is 23.7 Å². The standard InChI is InChI=1S/C22H26N2O6S/c1-12(2)30-22(27)17-13(3)18(20(26)23-14-7-9-15(28-4)10-8-14)31-21(17)24-19(25)16-6-5-11-29-16/h7-10,12,16H,5-6,11H2,1-4H3,(H,23,26)(H,24,25). The molecule has 0 bridgehead atoms. The van der Waals surface area contributed by atoms with Crippen molar-refractivity contribution < 1.29 is 28.6 Å². The van der Waals surface area contributed by atoms with E-state index < -0.39 is 12.1 Å². The van der Waals surface area contributed by atoms with Crippen molar-refractivity contribution in [3.63, 3.8) is 0 Å². The van der Waals surface area contributed by atoms with Crippen LogP contribution < -0.4 is 15.4 Å². The van der Waals surface area contributed by atoms with Gasteiger partial charge >= 0.3 is 5.97 Å². The highest BCUT2D eigenvalue weighted by Gasteiger charge is 2.30. The number of methoxy groups -OCH3 is 1. The zero-order valence-corrected chi connectivity index (χ0v) is 18.8. The lowest BCUT2D eigenvalue weighted by atomic mass is 10.1. The largest absolute Gasteiger partial charge is 0.497 e. The van der Waals surface area contributed by atoms with Crippen LogP contribution in [0.1, 0.15) is 52.3 Å². The zero-order valence-electron chi connectivity index (χ0n) is 17.9. The molecule has 1 aromatic heterocycles. The van der Waals surface area contributed by atoms with Gasteiger partial charge in [-0.1, -0.05) is 0 Å². The van der Waals surface area contributed by atoms with Gasteiger partial charge in [0.15, 0.2) is 0 Å². The van der Waals surface area contributed by atoms with Crippen LogP contribution in [0.25, 0.3) is 0 Å². The Hall–Kier alpha value is -2.91. The molecule has 9 heteroatoms. The van der Waals surface area contributed by atoms with Crippen molar-refractivity contribution in [2.45, 2.75) is 45.8 Å². The van der Waals surface area contributed by atoms with Crippen LogP contribution in [0.15, 0.2) is 24.3 Å². The van der Waals surface area contributed by atoms with Crippen molar-refractivity contribution in [1.29, 1.82) is 0 Å². The maximum Gasteiger partial charge on any atom is 0.341 e. The molecule has 0 aliphatic carbocycles. The average Bonchev–Trinajstić information content (AvgIpc) is 3.36. The van der Waals surface area contributed by atoms with Crippen LogP contribution in [0, 0.1) is 6.92 Å². The molecule has 31 heavy (non-hydrogen) atoms. The summed E-state index contributed by atoms with van der Waals surface area (Å²) in [6.07, 6.45) is 0.518. The van der Waals surface area contributed by atoms with Crippen molar-refractivity contribution in [3.05, 3.63) is 40.3 Å². The van der Waals surface area contributed by atoms with Gasteiger partial charge in [-0.05, 0) is 63.4 Å². The van der Waals surface area contributed by atoms with Crippen LogP contribution in [-0.2, 0) is 14.3 Å². The second-order valence-corrected chi connectivity index (χ2v) is 8.41. The maximum absolute atomic E-state index is 12.9. The number of rotatable bonds is 7. The van der Waals surface area contributed by atoms with Gasteiger partial charge in [-0.2, -0.15) is 0 Å². The summed E-state index contributed by atoms with van der Waals surface area (Å²) in [7, 11) is 1.56. The molecule has 2 heterocycles. The summed E-state index contributed by atoms with van der Waals surface area (Å²) < 4.78 is 15.9. The van der Waals surface area contributed by atoms with Crippen LogP contribution in [0.2, 0.25) is 0 Å². The number of carbonyl (C=O) groups is 3. The Morgan fingerprint density at radius 1 is 1.16 bits per heavy atom. The third-order valence-corrected chi connectivity index (χ3v) is 5.91. The first-order valence-electron chi connectivity index (χ1n) is 10.0. The topological polar surface area (TPSA) is 103 Å². The first-order chi connectivity index (χ1) is 14.8. The van der Waals surface area contributed by atoms with Gasteiger partial charge in [-0.25, -0.2) is 4.79 Å². The molecule has 1 atom stereocenters. The normalized spacial score (nSPS) is 15.6. The monoisotopic (exact) mass is 446 g/mol. The van der Waals surface area contributed by atoms with E-state index in [0.717, 1.165) is 17.8 Å². The van der Waals surface area contributed by atoms with Gasteiger partial charge in [0.1, 0.15) is 16.9 Å². The highest BCUT2D eigenvalue weighted by Crippen LogP contribution is 2.35. The summed E-state index contributed by atoms with van der Waals surface area (Å²) in [5.41, 5.74) is 1.21. The fourth-order valence-corrected chi connectivity index (χ4v) is 4.27. The van der Waals surface area contributed by atoms with E-state index in [1.54, 1.807) is 52.1 Å². The van der Waals surface area contributed by atoms with Crippen molar-refractivity contribution in [1.82, 2.24) is 0 Å². The molecule has 1 aromatic carbocycles. The summed E-state index contributed by atoms with van der Waals surface area (Å²) in [5.74, 6) is -0.638. The molecule has 2 amide bonds. The second kappa shape index (κ2) is 9.93. The van der Waals surface area contributed by atoms with Crippen molar-refractivity contribution in [3.8, 4) is 5.75 Å². The predicted octanol–water partition coefficient (Wildman–Crippen LogP) is 4.00. The summed E-state index contributed by atoms with van der Waals surface area (Å²) in [4.78, 5) is 38.5. The Balaban J connectivity index is 1.88. The van der Waals surface area contributed by atoms with E-state index >= 15 is 0 Å². The van der Waals surface area contributed by atoms with E-state index in [4.69, 9.17) is 14.2 Å². The molecule has 0 spiro atoms. The number of hydrogen-bond acceptors (Lipinski definition) is 7. The highest BCUT2D eigenvalue weighted by molar-refractivity contribution is 7.19. The number of amides is 2. The summed E-state index contributed by atoms with van der Waals surface area (Å²) >= 11 is 1.04. The molecule has 1 saturated heterocycles. The van der Waals surface area contributed by atoms with Gasteiger partial charge in [-0.3, -0.25) is 9.59 Å². The molecule has 0 radical (unpaired) electrons. The molecule has 0 saturated carbocycles. The molecule has 1 unspecified atom stereocenters. The average molecular weight is 447 g/mol. The smallest absolute Gasteiger partial charge is 0.341 e. The lowest BCUT2D eigenvalue weighted by Crippen LogP contribution is -2.27. The van der Waals surface area contributed by atoms with Crippen molar-refractivity contribution in [2.75, 3.05) is 24.4 Å². The summed E-state index contributed by atoms with van der Waals surface area (Å²) in [6.45, 7) is 5.67. The Kier molecular flexibility index (Phi) is 7.29. The quantitative estimate of drug-likeness (QED) is 0.623. The third kappa shape index (κ3) is 5.42. The zero-order chi connectivity index (χ0) is 22.5. The molecule has 166 valence electrons. The number of esters is 1. The summed E-state index contributed by atoms with van der Waals surface area (Å²) in [6, 6.07) is 6.90. The van der Waals surface area contributed by atoms with Gasteiger partial charge in [0.2, 0.25) is 0 Å². The molecule has 3 rings (SSSR count). The Bertz CT molecular complexity index is 961. The van der Waals surface area contributed by atoms with E-state index in [9.17, 15) is 14.4 Å². The summed E-state index contributed by atoms with van der Waals surface area (Å²) in [5, 5.41) is 5.85. The highest BCUT2D eigenvalue weighted by atomic mass is 32.1. The number of thiophene rings is 1. The lowest BCUT2D eigenvalue weighted by Gasteiger charge is -2.12. The lowest BCUT2D eigenvalue weighted by molar-refractivity contribution is -0.124. The van der Waals surface area contributed by atoms with Crippen LogP contribution in [0.5, 0.6) is 5.75 Å². The Morgan fingerprint density at radius 2 is 1.87 bits per heavy atom. The second-order valence-electron chi connectivity index (χ2n) is 7.39. The predicted molar refractivity (Wildman–Crippen MR) is 118 cm³/mol. The first-order valence-corrected chi connectivity index (χ1v) is 10.8. The van der Waals surface area contributed by atoms with E-state index in [-0.39, 0.29) is 28.5 Å². The number of benzene rings is 1. The van der Waals surface area contributed by atoms with Gasteiger partial charge in [0.25, 0.3) is 11.8 Å². The molecule has 2 N–H and O–H groups in total. The van der Waals surface area contributed by atoms with Gasteiger partial charge in [-0.15, -0.1) is 11.3 Å². The minimum atomic E-state index is -0.588. The van der Waals surface area contributed by atoms with Gasteiger partial charge in [0, 0.05) is 12.3 Å². The van der Waals surface area contributed by atoms with Crippen LogP contribution in [0.4, 0.5) is 10.7 Å². The number of carbonyl (C=O) groups excluding carboxylic acids is 3. The van der Waals surface area contributed by atoms with Crippen molar-refractivity contribution in [2.24, 2.45) is 0 Å². The van der Waals surface area contributed by atoms with E-state index in [1.165, 1.54) is 0 Å². The van der Waals surface area contributed by atoms with Crippen LogP contribution >= 0.6 is 11.3 Å². The molecule has 1 aliphatic rings. The maximum atomic E-state index is 12.9. The third-order valence-electron chi connectivity index (χ3n) is 4.71. The molecule has 2 aromatic rings. The van der Waals surface area contributed by atoms with E-state index in [2.05, 4.69) is 10.6 Å². The molecular weight excluding hydrogens is 420 g/mol. The Morgan fingerprint density at radius 3 is 2.45 bits per heavy atom. The number of nitrogens with one attached hydrogen (secondary N) is 2. The Labute approximate surface area is 184 Å². The fraction of sp³-hybridized carbons (Fsp3) is 0.409. The minimum absolute atomic E-state index is 0.185. The fourth-order valence-electron chi connectivity index (χ4n) is 3.18. The van der Waals surface area contributed by atoms with Gasteiger partial charge < -0.3 is 24.8 Å². The van der Waals surface area contributed by atoms with Crippen molar-refractivity contribution >= 4 is 39.8 Å². The minimum Gasteiger partial charge on any atom is -0.497 e. The SMILES string of the molecule is COc1ccc(NC(=O)c2sc(NC(=O)C3CCCO3)c(C(=O)OC(C)C)c2C)cc1. The van der Waals surface area contributed by atoms with Crippen LogP contribution in [-0.4, -0.2) is 43.7 Å². The molecule has 1 aliphatic heterocycles. The molecule has 1 fully saturated rings. The first kappa shape index (κ1) is 22.8. The molecule has 8 nitrogen and oxygen atoms in total. The number of anilines is 2. The van der Waals surface area contributed by atoms with Crippen LogP contribution in [0.3, 0.4) is 0 Å². The number of hydrogen-bond donors (Lipinski definition) is 2. The van der Waals surface area contributed by atoms with E-state index in [1.807, 2.05) is 0 Å².